The maximum atomic E-state index is 12.4. The molecule has 0 saturated heterocycles. The summed E-state index contributed by atoms with van der Waals surface area (Å²) in [5.41, 5.74) is 1.86. The molecular formula is C19H23N3O3. The maximum Gasteiger partial charge on any atom is 0.326 e. The average Bonchev–Trinajstić information content (AvgIpc) is 2.60. The number of aromatic nitrogens is 1. The first kappa shape index (κ1) is 18.4. The first-order valence-corrected chi connectivity index (χ1v) is 8.18. The van der Waals surface area contributed by atoms with Crippen molar-refractivity contribution in [3.63, 3.8) is 0 Å². The lowest BCUT2D eigenvalue weighted by Gasteiger charge is -2.26. The third-order valence-corrected chi connectivity index (χ3v) is 3.80. The Morgan fingerprint density at radius 1 is 1.16 bits per heavy atom. The molecule has 6 heteroatoms. The number of hydrogen-bond acceptors (Lipinski definition) is 4. The lowest BCUT2D eigenvalue weighted by molar-refractivity contribution is -0.142. The molecular weight excluding hydrogens is 318 g/mol. The van der Waals surface area contributed by atoms with Crippen LogP contribution in [0.15, 0.2) is 54.9 Å². The average molecular weight is 341 g/mol. The third kappa shape index (κ3) is 5.60. The summed E-state index contributed by atoms with van der Waals surface area (Å²) in [6.07, 6.45) is 3.45. The minimum atomic E-state index is -1.03. The van der Waals surface area contributed by atoms with Gasteiger partial charge in [0, 0.05) is 24.6 Å². The topological polar surface area (TPSA) is 82.5 Å². The number of para-hydroxylation sites is 1. The smallest absolute Gasteiger partial charge is 0.326 e. The van der Waals surface area contributed by atoms with Gasteiger partial charge < -0.3 is 15.3 Å². The van der Waals surface area contributed by atoms with E-state index in [-0.39, 0.29) is 18.4 Å². The molecule has 0 saturated carbocycles. The van der Waals surface area contributed by atoms with Gasteiger partial charge in [-0.25, -0.2) is 4.79 Å². The minimum Gasteiger partial charge on any atom is -0.480 e. The number of carboxylic acid groups (broad SMARTS) is 1. The van der Waals surface area contributed by atoms with Gasteiger partial charge in [-0.3, -0.25) is 9.78 Å². The summed E-state index contributed by atoms with van der Waals surface area (Å²) in [6.45, 7) is 4.10. The summed E-state index contributed by atoms with van der Waals surface area (Å²) in [5.74, 6) is -1.54. The Balaban J connectivity index is 2.13. The highest BCUT2D eigenvalue weighted by Gasteiger charge is 2.24. The van der Waals surface area contributed by atoms with Crippen molar-refractivity contribution in [2.24, 2.45) is 5.92 Å². The molecule has 1 heterocycles. The fraction of sp³-hybridized carbons (Fsp3) is 0.316. The highest BCUT2D eigenvalue weighted by atomic mass is 16.4. The number of carbonyl (C=O) groups is 2. The molecule has 0 unspecified atom stereocenters. The van der Waals surface area contributed by atoms with Gasteiger partial charge in [-0.1, -0.05) is 38.1 Å². The van der Waals surface area contributed by atoms with E-state index in [1.807, 2.05) is 47.4 Å². The van der Waals surface area contributed by atoms with Crippen molar-refractivity contribution in [3.8, 4) is 0 Å². The van der Waals surface area contributed by atoms with Gasteiger partial charge in [0.25, 0.3) is 0 Å². The second-order valence-corrected chi connectivity index (χ2v) is 6.18. The Morgan fingerprint density at radius 3 is 2.44 bits per heavy atom. The van der Waals surface area contributed by atoms with E-state index in [0.717, 1.165) is 11.3 Å². The summed E-state index contributed by atoms with van der Waals surface area (Å²) >= 11 is 0. The van der Waals surface area contributed by atoms with E-state index in [1.54, 1.807) is 26.2 Å². The largest absolute Gasteiger partial charge is 0.480 e. The molecule has 0 fully saturated rings. The molecule has 1 amide bonds. The zero-order valence-corrected chi connectivity index (χ0v) is 14.4. The normalized spacial score (nSPS) is 11.8. The van der Waals surface area contributed by atoms with Crippen LogP contribution in [0.3, 0.4) is 0 Å². The second kappa shape index (κ2) is 8.82. The Kier molecular flexibility index (Phi) is 6.51. The summed E-state index contributed by atoms with van der Waals surface area (Å²) < 4.78 is 0. The molecule has 0 bridgehead atoms. The molecule has 6 nitrogen and oxygen atoms in total. The van der Waals surface area contributed by atoms with Crippen LogP contribution in [0, 0.1) is 5.92 Å². The van der Waals surface area contributed by atoms with Gasteiger partial charge in [-0.15, -0.1) is 0 Å². The second-order valence-electron chi connectivity index (χ2n) is 6.18. The Morgan fingerprint density at radius 2 is 1.88 bits per heavy atom. The van der Waals surface area contributed by atoms with Crippen LogP contribution in [0.2, 0.25) is 0 Å². The Hall–Kier alpha value is -2.89. The number of amides is 1. The van der Waals surface area contributed by atoms with Gasteiger partial charge in [0.2, 0.25) is 5.91 Å². The molecule has 1 atom stereocenters. The minimum absolute atomic E-state index is 0.0649. The number of nitrogens with zero attached hydrogens (tertiary/aromatic N) is 2. The van der Waals surface area contributed by atoms with Crippen molar-refractivity contribution in [1.29, 1.82) is 0 Å². The molecule has 1 aromatic heterocycles. The predicted molar refractivity (Wildman–Crippen MR) is 96.1 cm³/mol. The molecule has 25 heavy (non-hydrogen) atoms. The van der Waals surface area contributed by atoms with Crippen LogP contribution in [-0.2, 0) is 16.1 Å². The molecule has 0 aliphatic heterocycles. The molecule has 132 valence electrons. The fourth-order valence-corrected chi connectivity index (χ4v) is 2.50. The van der Waals surface area contributed by atoms with Crippen LogP contribution in [0.1, 0.15) is 19.4 Å². The zero-order valence-electron chi connectivity index (χ0n) is 14.4. The van der Waals surface area contributed by atoms with E-state index in [1.165, 1.54) is 0 Å². The van der Waals surface area contributed by atoms with Gasteiger partial charge in [0.1, 0.15) is 6.04 Å². The Bertz CT molecular complexity index is 690. The summed E-state index contributed by atoms with van der Waals surface area (Å²) in [7, 11) is 0. The van der Waals surface area contributed by atoms with Crippen LogP contribution >= 0.6 is 0 Å². The number of anilines is 1. The number of carboxylic acids is 1. The molecule has 0 aliphatic carbocycles. The number of nitrogens with one attached hydrogen (secondary N) is 1. The maximum absolute atomic E-state index is 12.4. The van der Waals surface area contributed by atoms with E-state index in [0.29, 0.717) is 6.54 Å². The Labute approximate surface area is 147 Å². The van der Waals surface area contributed by atoms with E-state index < -0.39 is 12.0 Å². The number of aliphatic carboxylic acids is 1. The van der Waals surface area contributed by atoms with E-state index in [2.05, 4.69) is 10.3 Å². The number of carbonyl (C=O) groups excluding carboxylic acids is 1. The molecule has 2 aromatic rings. The zero-order chi connectivity index (χ0) is 18.2. The molecule has 0 radical (unpaired) electrons. The highest BCUT2D eigenvalue weighted by Crippen LogP contribution is 2.16. The van der Waals surface area contributed by atoms with Crippen LogP contribution in [0.4, 0.5) is 5.69 Å². The van der Waals surface area contributed by atoms with Crippen LogP contribution in [-0.4, -0.2) is 34.6 Å². The van der Waals surface area contributed by atoms with Crippen LogP contribution < -0.4 is 10.2 Å². The summed E-state index contributed by atoms with van der Waals surface area (Å²) in [6, 6.07) is 12.4. The fourth-order valence-electron chi connectivity index (χ4n) is 2.50. The monoisotopic (exact) mass is 341 g/mol. The summed E-state index contributed by atoms with van der Waals surface area (Å²) in [4.78, 5) is 29.7. The summed E-state index contributed by atoms with van der Waals surface area (Å²) in [5, 5.41) is 11.8. The van der Waals surface area contributed by atoms with E-state index in [4.69, 9.17) is 0 Å². The molecule has 0 spiro atoms. The van der Waals surface area contributed by atoms with Gasteiger partial charge in [-0.05, 0) is 29.7 Å². The van der Waals surface area contributed by atoms with Crippen molar-refractivity contribution in [3.05, 3.63) is 60.4 Å². The molecule has 2 rings (SSSR count). The third-order valence-electron chi connectivity index (χ3n) is 3.80. The number of benzene rings is 1. The number of hydrogen-bond donors (Lipinski definition) is 2. The lowest BCUT2D eigenvalue weighted by Crippen LogP contribution is -2.48. The number of rotatable bonds is 8. The van der Waals surface area contributed by atoms with Gasteiger partial charge in [0.15, 0.2) is 0 Å². The van der Waals surface area contributed by atoms with Crippen LogP contribution in [0.25, 0.3) is 0 Å². The van der Waals surface area contributed by atoms with Crippen molar-refractivity contribution in [2.45, 2.75) is 26.4 Å². The van der Waals surface area contributed by atoms with E-state index >= 15 is 0 Å². The predicted octanol–water partition coefficient (Wildman–Crippen LogP) is 2.31. The SMILES string of the molecule is CC(C)[C@H](NC(=O)CN(Cc1cccnc1)c1ccccc1)C(=O)O. The van der Waals surface area contributed by atoms with Gasteiger partial charge >= 0.3 is 5.97 Å². The first-order valence-electron chi connectivity index (χ1n) is 8.18. The van der Waals surface area contributed by atoms with Gasteiger partial charge in [-0.2, -0.15) is 0 Å². The lowest BCUT2D eigenvalue weighted by atomic mass is 10.0. The van der Waals surface area contributed by atoms with Crippen molar-refractivity contribution >= 4 is 17.6 Å². The van der Waals surface area contributed by atoms with E-state index in [9.17, 15) is 14.7 Å². The standard InChI is InChI=1S/C19H23N3O3/c1-14(2)18(19(24)25)21-17(23)13-22(16-8-4-3-5-9-16)12-15-7-6-10-20-11-15/h3-11,14,18H,12-13H2,1-2H3,(H,21,23)(H,24,25)/t18-/m0/s1. The van der Waals surface area contributed by atoms with Crippen molar-refractivity contribution < 1.29 is 14.7 Å². The van der Waals surface area contributed by atoms with Crippen molar-refractivity contribution in [1.82, 2.24) is 10.3 Å². The molecule has 2 N–H and O–H groups in total. The number of pyridine rings is 1. The quantitative estimate of drug-likeness (QED) is 0.770. The highest BCUT2D eigenvalue weighted by molar-refractivity contribution is 5.86. The van der Waals surface area contributed by atoms with Crippen LogP contribution in [0.5, 0.6) is 0 Å². The molecule has 1 aromatic carbocycles. The van der Waals surface area contributed by atoms with Crippen molar-refractivity contribution in [2.75, 3.05) is 11.4 Å². The molecule has 0 aliphatic rings. The van der Waals surface area contributed by atoms with Gasteiger partial charge in [0.05, 0.1) is 6.54 Å². The first-order chi connectivity index (χ1) is 12.0.